The highest BCUT2D eigenvalue weighted by atomic mass is 15.1. The Labute approximate surface area is 51.7 Å². The zero-order valence-corrected chi connectivity index (χ0v) is 5.85. The summed E-state index contributed by atoms with van der Waals surface area (Å²) < 4.78 is 0. The van der Waals surface area contributed by atoms with Gasteiger partial charge in [0, 0.05) is 6.04 Å². The van der Waals surface area contributed by atoms with Crippen LogP contribution in [0.15, 0.2) is 0 Å². The molecule has 0 aromatic heterocycles. The first-order valence-corrected chi connectivity index (χ1v) is 3.51. The molecule has 0 amide bonds. The number of likely N-dealkylation sites (tertiary alicyclic amines) is 1. The van der Waals surface area contributed by atoms with Gasteiger partial charge in [-0.1, -0.05) is 6.42 Å². The van der Waals surface area contributed by atoms with Gasteiger partial charge >= 0.3 is 0 Å². The Hall–Kier alpha value is -0.0400. The molecule has 48 valence electrons. The second-order valence-corrected chi connectivity index (χ2v) is 2.83. The average Bonchev–Trinajstić information content (AvgIpc) is 1.77. The van der Waals surface area contributed by atoms with Crippen LogP contribution >= 0.6 is 0 Å². The van der Waals surface area contributed by atoms with Crippen LogP contribution in [-0.4, -0.2) is 24.5 Å². The molecule has 8 heavy (non-hydrogen) atoms. The maximum absolute atomic E-state index is 2.43. The molecule has 1 aliphatic rings. The topological polar surface area (TPSA) is 3.24 Å². The van der Waals surface area contributed by atoms with Gasteiger partial charge in [-0.2, -0.15) is 0 Å². The molecule has 0 N–H and O–H groups in total. The zero-order valence-electron chi connectivity index (χ0n) is 5.85. The minimum atomic E-state index is 0.837. The molecule has 1 saturated heterocycles. The smallest absolute Gasteiger partial charge is 0.00638 e. The second-order valence-electron chi connectivity index (χ2n) is 2.83. The van der Waals surface area contributed by atoms with E-state index in [1.165, 1.54) is 25.8 Å². The highest BCUT2D eigenvalue weighted by Crippen LogP contribution is 2.13. The summed E-state index contributed by atoms with van der Waals surface area (Å²) in [5.41, 5.74) is 0. The van der Waals surface area contributed by atoms with Gasteiger partial charge < -0.3 is 4.90 Å². The minimum absolute atomic E-state index is 0.837. The number of hydrogen-bond acceptors (Lipinski definition) is 1. The van der Waals surface area contributed by atoms with Crippen molar-refractivity contribution in [1.29, 1.82) is 0 Å². The summed E-state index contributed by atoms with van der Waals surface area (Å²) in [5, 5.41) is 0. The summed E-state index contributed by atoms with van der Waals surface area (Å²) in [6.45, 7) is 3.61. The number of rotatable bonds is 0. The number of hydrogen-bond donors (Lipinski definition) is 0. The Morgan fingerprint density at radius 1 is 1.38 bits per heavy atom. The second kappa shape index (κ2) is 2.49. The van der Waals surface area contributed by atoms with Gasteiger partial charge in [0.15, 0.2) is 0 Å². The Bertz CT molecular complexity index is 60.8. The molecule has 0 aliphatic carbocycles. The summed E-state index contributed by atoms with van der Waals surface area (Å²) in [7, 11) is 2.21. The predicted molar refractivity (Wildman–Crippen MR) is 35.9 cm³/mol. The third-order valence-electron chi connectivity index (χ3n) is 2.14. The fourth-order valence-corrected chi connectivity index (χ4v) is 1.24. The molecular formula is C7H15N. The van der Waals surface area contributed by atoms with Crippen molar-refractivity contribution in [3.63, 3.8) is 0 Å². The first kappa shape index (κ1) is 6.09. The molecule has 0 unspecified atom stereocenters. The highest BCUT2D eigenvalue weighted by molar-refractivity contribution is 4.68. The van der Waals surface area contributed by atoms with Crippen LogP contribution in [0.1, 0.15) is 26.2 Å². The first-order valence-electron chi connectivity index (χ1n) is 3.51. The molecule has 1 rings (SSSR count). The van der Waals surface area contributed by atoms with Gasteiger partial charge in [0.05, 0.1) is 0 Å². The SMILES string of the molecule is C[C@H]1CCCCN1C. The van der Waals surface area contributed by atoms with Crippen molar-refractivity contribution in [2.24, 2.45) is 0 Å². The Balaban J connectivity index is 2.28. The molecule has 1 atom stereocenters. The fourth-order valence-electron chi connectivity index (χ4n) is 1.24. The third kappa shape index (κ3) is 1.22. The summed E-state index contributed by atoms with van der Waals surface area (Å²) in [4.78, 5) is 2.43. The van der Waals surface area contributed by atoms with Gasteiger partial charge in [-0.15, -0.1) is 0 Å². The van der Waals surface area contributed by atoms with Gasteiger partial charge in [-0.25, -0.2) is 0 Å². The van der Waals surface area contributed by atoms with E-state index in [0.29, 0.717) is 0 Å². The average molecular weight is 113 g/mol. The van der Waals surface area contributed by atoms with Gasteiger partial charge in [0.25, 0.3) is 0 Å². The van der Waals surface area contributed by atoms with Crippen molar-refractivity contribution in [3.05, 3.63) is 0 Å². The van der Waals surface area contributed by atoms with Gasteiger partial charge in [-0.05, 0) is 33.4 Å². The van der Waals surface area contributed by atoms with Crippen molar-refractivity contribution in [2.45, 2.75) is 32.2 Å². The van der Waals surface area contributed by atoms with E-state index in [1.54, 1.807) is 0 Å². The van der Waals surface area contributed by atoms with Crippen LogP contribution in [0.2, 0.25) is 0 Å². The van der Waals surface area contributed by atoms with Crippen molar-refractivity contribution in [1.82, 2.24) is 4.90 Å². The maximum atomic E-state index is 2.43. The van der Waals surface area contributed by atoms with Crippen molar-refractivity contribution in [3.8, 4) is 0 Å². The van der Waals surface area contributed by atoms with Crippen molar-refractivity contribution in [2.75, 3.05) is 13.6 Å². The Morgan fingerprint density at radius 2 is 2.12 bits per heavy atom. The number of piperidine rings is 1. The molecule has 1 heteroatoms. The Kier molecular flexibility index (Phi) is 1.90. The minimum Gasteiger partial charge on any atom is -0.304 e. The zero-order chi connectivity index (χ0) is 5.98. The van der Waals surface area contributed by atoms with Gasteiger partial charge in [0.2, 0.25) is 0 Å². The molecule has 1 heterocycles. The van der Waals surface area contributed by atoms with Crippen LogP contribution in [-0.2, 0) is 0 Å². The van der Waals surface area contributed by atoms with Gasteiger partial charge in [-0.3, -0.25) is 0 Å². The van der Waals surface area contributed by atoms with E-state index in [4.69, 9.17) is 0 Å². The molecule has 0 spiro atoms. The lowest BCUT2D eigenvalue weighted by Crippen LogP contribution is -2.33. The predicted octanol–water partition coefficient (Wildman–Crippen LogP) is 1.49. The Morgan fingerprint density at radius 3 is 2.50 bits per heavy atom. The standard InChI is InChI=1S/C7H15N/c1-7-5-3-4-6-8(7)2/h7H,3-6H2,1-2H3/t7-/m0/s1. The van der Waals surface area contributed by atoms with Crippen LogP contribution in [0, 0.1) is 0 Å². The molecule has 1 nitrogen and oxygen atoms in total. The lowest BCUT2D eigenvalue weighted by atomic mass is 10.1. The quantitative estimate of drug-likeness (QED) is 0.460. The van der Waals surface area contributed by atoms with Crippen LogP contribution in [0.5, 0.6) is 0 Å². The molecule has 1 aliphatic heterocycles. The van der Waals surface area contributed by atoms with E-state index < -0.39 is 0 Å². The van der Waals surface area contributed by atoms with Crippen LogP contribution in [0.3, 0.4) is 0 Å². The summed E-state index contributed by atoms with van der Waals surface area (Å²) in [6, 6.07) is 0.837. The van der Waals surface area contributed by atoms with Gasteiger partial charge in [0.1, 0.15) is 0 Å². The van der Waals surface area contributed by atoms with E-state index in [-0.39, 0.29) is 0 Å². The summed E-state index contributed by atoms with van der Waals surface area (Å²) in [6.07, 6.45) is 4.24. The van der Waals surface area contributed by atoms with Crippen molar-refractivity contribution >= 4 is 0 Å². The van der Waals surface area contributed by atoms with Crippen LogP contribution in [0.25, 0.3) is 0 Å². The normalized spacial score (nSPS) is 33.0. The van der Waals surface area contributed by atoms with Crippen LogP contribution < -0.4 is 0 Å². The first-order chi connectivity index (χ1) is 3.80. The van der Waals surface area contributed by atoms with Crippen molar-refractivity contribution < 1.29 is 0 Å². The van der Waals surface area contributed by atoms with E-state index in [0.717, 1.165) is 6.04 Å². The lowest BCUT2D eigenvalue weighted by molar-refractivity contribution is 0.200. The molecule has 0 radical (unpaired) electrons. The summed E-state index contributed by atoms with van der Waals surface area (Å²) >= 11 is 0. The monoisotopic (exact) mass is 113 g/mol. The third-order valence-corrected chi connectivity index (χ3v) is 2.14. The molecule has 0 aromatic rings. The fraction of sp³-hybridized carbons (Fsp3) is 1.00. The van der Waals surface area contributed by atoms with E-state index in [1.807, 2.05) is 0 Å². The summed E-state index contributed by atoms with van der Waals surface area (Å²) in [5.74, 6) is 0. The van der Waals surface area contributed by atoms with E-state index in [9.17, 15) is 0 Å². The van der Waals surface area contributed by atoms with Crippen LogP contribution in [0.4, 0.5) is 0 Å². The van der Waals surface area contributed by atoms with E-state index >= 15 is 0 Å². The molecule has 0 saturated carbocycles. The molecule has 0 aromatic carbocycles. The maximum Gasteiger partial charge on any atom is 0.00638 e. The highest BCUT2D eigenvalue weighted by Gasteiger charge is 2.12. The lowest BCUT2D eigenvalue weighted by Gasteiger charge is -2.29. The van der Waals surface area contributed by atoms with E-state index in [2.05, 4.69) is 18.9 Å². The number of nitrogens with zero attached hydrogens (tertiary/aromatic N) is 1. The molecular weight excluding hydrogens is 98.1 g/mol. The largest absolute Gasteiger partial charge is 0.304 e. The molecule has 0 bridgehead atoms. The molecule has 1 fully saturated rings.